The van der Waals surface area contributed by atoms with Gasteiger partial charge in [-0.3, -0.25) is 14.2 Å². The van der Waals surface area contributed by atoms with Crippen LogP contribution in [0.5, 0.6) is 0 Å². The number of halogens is 1. The van der Waals surface area contributed by atoms with Crippen LogP contribution in [0.15, 0.2) is 40.8 Å². The summed E-state index contributed by atoms with van der Waals surface area (Å²) in [6.07, 6.45) is 3.50. The van der Waals surface area contributed by atoms with E-state index in [4.69, 9.17) is 11.6 Å². The highest BCUT2D eigenvalue weighted by atomic mass is 35.5. The fourth-order valence-electron chi connectivity index (χ4n) is 2.91. The highest BCUT2D eigenvalue weighted by Gasteiger charge is 2.42. The zero-order chi connectivity index (χ0) is 19.6. The number of thioether (sulfide) groups is 1. The molecule has 27 heavy (non-hydrogen) atoms. The lowest BCUT2D eigenvalue weighted by Gasteiger charge is -2.22. The van der Waals surface area contributed by atoms with E-state index < -0.39 is 5.54 Å². The Hall–Kier alpha value is -2.30. The quantitative estimate of drug-likeness (QED) is 0.436. The van der Waals surface area contributed by atoms with Crippen molar-refractivity contribution in [3.63, 3.8) is 0 Å². The third kappa shape index (κ3) is 4.18. The molecule has 1 unspecified atom stereocenters. The van der Waals surface area contributed by atoms with Crippen LogP contribution in [0.1, 0.15) is 19.8 Å². The van der Waals surface area contributed by atoms with E-state index in [1.807, 2.05) is 0 Å². The van der Waals surface area contributed by atoms with Crippen LogP contribution in [0.4, 0.5) is 0 Å². The fraction of sp³-hybridized carbons (Fsp3) is 0.368. The highest BCUT2D eigenvalue weighted by molar-refractivity contribution is 7.99. The van der Waals surface area contributed by atoms with Crippen molar-refractivity contribution in [3.8, 4) is 6.07 Å². The molecule has 6 nitrogen and oxygen atoms in total. The van der Waals surface area contributed by atoms with Gasteiger partial charge in [-0.1, -0.05) is 29.4 Å². The summed E-state index contributed by atoms with van der Waals surface area (Å²) in [6, 6.07) is 7.14. The monoisotopic (exact) mass is 402 g/mol. The van der Waals surface area contributed by atoms with Gasteiger partial charge in [-0.15, -0.1) is 6.58 Å². The topological polar surface area (TPSA) is 87.8 Å². The molecule has 1 aliphatic carbocycles. The van der Waals surface area contributed by atoms with Gasteiger partial charge >= 0.3 is 0 Å². The van der Waals surface area contributed by atoms with Crippen LogP contribution in [0.3, 0.4) is 0 Å². The Balaban J connectivity index is 1.83. The number of hydrogen-bond acceptors (Lipinski definition) is 5. The highest BCUT2D eigenvalue weighted by Crippen LogP contribution is 2.39. The van der Waals surface area contributed by atoms with Crippen molar-refractivity contribution in [2.24, 2.45) is 5.92 Å². The number of carbonyl (C=O) groups excluding carboxylic acids is 1. The number of rotatable bonds is 7. The maximum absolute atomic E-state index is 12.8. The van der Waals surface area contributed by atoms with Crippen molar-refractivity contribution in [1.29, 1.82) is 5.26 Å². The molecule has 0 saturated heterocycles. The van der Waals surface area contributed by atoms with Gasteiger partial charge in [0.1, 0.15) is 5.54 Å². The second-order valence-corrected chi connectivity index (χ2v) is 8.06. The lowest BCUT2D eigenvalue weighted by molar-refractivity contribution is -0.119. The Morgan fingerprint density at radius 2 is 2.33 bits per heavy atom. The molecule has 1 N–H and O–H groups in total. The predicted molar refractivity (Wildman–Crippen MR) is 107 cm³/mol. The van der Waals surface area contributed by atoms with E-state index in [9.17, 15) is 14.9 Å². The Labute approximate surface area is 166 Å². The smallest absolute Gasteiger partial charge is 0.262 e. The largest absolute Gasteiger partial charge is 0.337 e. The third-order valence-corrected chi connectivity index (χ3v) is 5.76. The summed E-state index contributed by atoms with van der Waals surface area (Å²) >= 11 is 7.15. The Morgan fingerprint density at radius 1 is 1.59 bits per heavy atom. The van der Waals surface area contributed by atoms with E-state index in [1.165, 1.54) is 4.57 Å². The molecular weight excluding hydrogens is 384 g/mol. The number of aromatic nitrogens is 2. The van der Waals surface area contributed by atoms with Crippen LogP contribution >= 0.6 is 23.4 Å². The number of nitrogens with one attached hydrogen (secondary N) is 1. The van der Waals surface area contributed by atoms with Crippen molar-refractivity contribution < 1.29 is 4.79 Å². The second-order valence-electron chi connectivity index (χ2n) is 6.69. The minimum atomic E-state index is -0.841. The Morgan fingerprint density at radius 3 is 2.96 bits per heavy atom. The maximum Gasteiger partial charge on any atom is 0.262 e. The van der Waals surface area contributed by atoms with Gasteiger partial charge in [0.15, 0.2) is 5.16 Å². The zero-order valence-electron chi connectivity index (χ0n) is 14.9. The molecule has 1 saturated carbocycles. The number of nitriles is 1. The second kappa shape index (κ2) is 7.75. The van der Waals surface area contributed by atoms with Crippen molar-refractivity contribution in [3.05, 3.63) is 46.2 Å². The van der Waals surface area contributed by atoms with Crippen molar-refractivity contribution in [2.75, 3.05) is 5.75 Å². The van der Waals surface area contributed by atoms with E-state index in [-0.39, 0.29) is 29.7 Å². The fourth-order valence-corrected chi connectivity index (χ4v) is 3.89. The van der Waals surface area contributed by atoms with E-state index in [0.717, 1.165) is 24.6 Å². The molecule has 3 rings (SSSR count). The first-order valence-corrected chi connectivity index (χ1v) is 9.90. The van der Waals surface area contributed by atoms with Crippen molar-refractivity contribution in [1.82, 2.24) is 14.9 Å². The van der Waals surface area contributed by atoms with Crippen LogP contribution in [0.25, 0.3) is 10.9 Å². The van der Waals surface area contributed by atoms with Gasteiger partial charge < -0.3 is 5.32 Å². The molecule has 0 bridgehead atoms. The maximum atomic E-state index is 12.8. The molecule has 1 atom stereocenters. The predicted octanol–water partition coefficient (Wildman–Crippen LogP) is 3.14. The summed E-state index contributed by atoms with van der Waals surface area (Å²) < 4.78 is 1.47. The van der Waals surface area contributed by atoms with Gasteiger partial charge in [0.25, 0.3) is 5.56 Å². The lowest BCUT2D eigenvalue weighted by atomic mass is 9.98. The van der Waals surface area contributed by atoms with E-state index in [2.05, 4.69) is 22.9 Å². The van der Waals surface area contributed by atoms with Crippen molar-refractivity contribution >= 4 is 40.2 Å². The van der Waals surface area contributed by atoms with Gasteiger partial charge in [-0.25, -0.2) is 4.98 Å². The zero-order valence-corrected chi connectivity index (χ0v) is 16.4. The molecule has 2 aromatic rings. The molecule has 1 aliphatic rings. The normalized spacial score (nSPS) is 15.7. The number of benzene rings is 1. The van der Waals surface area contributed by atoms with Gasteiger partial charge in [0, 0.05) is 11.6 Å². The minimum absolute atomic E-state index is 0.0622. The van der Waals surface area contributed by atoms with Crippen molar-refractivity contribution in [2.45, 2.75) is 37.0 Å². The average molecular weight is 403 g/mol. The number of amides is 1. The summed E-state index contributed by atoms with van der Waals surface area (Å²) in [4.78, 5) is 29.6. The number of allylic oxidation sites excluding steroid dienone is 1. The molecular formula is C19H19ClN4O2S. The number of nitrogens with zero attached hydrogens (tertiary/aromatic N) is 3. The van der Waals surface area contributed by atoms with Crippen LogP contribution in [0.2, 0.25) is 5.02 Å². The first-order valence-electron chi connectivity index (χ1n) is 8.54. The molecule has 1 amide bonds. The number of hydrogen-bond donors (Lipinski definition) is 1. The minimum Gasteiger partial charge on any atom is -0.337 e. The molecule has 1 aromatic heterocycles. The van der Waals surface area contributed by atoms with Gasteiger partial charge in [-0.05, 0) is 43.9 Å². The SMILES string of the molecule is C=CCn1c(SCC(=O)NC(C)(C#N)C2CC2)nc2ccc(Cl)cc2c1=O. The molecule has 0 spiro atoms. The molecule has 8 heteroatoms. The molecule has 1 heterocycles. The molecule has 0 radical (unpaired) electrons. The summed E-state index contributed by atoms with van der Waals surface area (Å²) in [7, 11) is 0. The van der Waals surface area contributed by atoms with Crippen LogP contribution < -0.4 is 10.9 Å². The third-order valence-electron chi connectivity index (χ3n) is 4.55. The van der Waals surface area contributed by atoms with Gasteiger partial charge in [-0.2, -0.15) is 5.26 Å². The Bertz CT molecular complexity index is 1010. The summed E-state index contributed by atoms with van der Waals surface area (Å²) in [5.41, 5.74) is -0.552. The van der Waals surface area contributed by atoms with Crippen LogP contribution in [-0.2, 0) is 11.3 Å². The first kappa shape index (κ1) is 19.5. The molecule has 1 fully saturated rings. The first-order chi connectivity index (χ1) is 12.9. The Kier molecular flexibility index (Phi) is 5.59. The standard InChI is InChI=1S/C19H19ClN4O2S/c1-3-8-24-17(26)14-9-13(20)6-7-15(14)22-18(24)27-10-16(25)23-19(2,11-21)12-4-5-12/h3,6-7,9,12H,1,4-5,8,10H2,2H3,(H,23,25). The van der Waals surface area contributed by atoms with Gasteiger partial charge in [0.2, 0.25) is 5.91 Å². The summed E-state index contributed by atoms with van der Waals surface area (Å²) in [6.45, 7) is 5.70. The summed E-state index contributed by atoms with van der Waals surface area (Å²) in [5.74, 6) is 0.0117. The number of fused-ring (bicyclic) bond motifs is 1. The van der Waals surface area contributed by atoms with Gasteiger partial charge in [0.05, 0.1) is 22.7 Å². The van der Waals surface area contributed by atoms with E-state index in [0.29, 0.717) is 21.1 Å². The van der Waals surface area contributed by atoms with Crippen LogP contribution in [-0.4, -0.2) is 26.8 Å². The number of carbonyl (C=O) groups is 1. The van der Waals surface area contributed by atoms with E-state index in [1.54, 1.807) is 31.2 Å². The molecule has 140 valence electrons. The average Bonchev–Trinajstić information content (AvgIpc) is 3.49. The van der Waals surface area contributed by atoms with Crippen LogP contribution in [0, 0.1) is 17.2 Å². The lowest BCUT2D eigenvalue weighted by Crippen LogP contribution is -2.47. The van der Waals surface area contributed by atoms with E-state index >= 15 is 0 Å². The molecule has 1 aromatic carbocycles. The summed E-state index contributed by atoms with van der Waals surface area (Å²) in [5, 5.41) is 13.5. The molecule has 0 aliphatic heterocycles.